The van der Waals surface area contributed by atoms with Gasteiger partial charge in [0.25, 0.3) is 5.91 Å². The van der Waals surface area contributed by atoms with E-state index in [0.717, 1.165) is 17.8 Å². The first-order valence-electron chi connectivity index (χ1n) is 11.7. The van der Waals surface area contributed by atoms with Crippen LogP contribution in [-0.4, -0.2) is 34.2 Å². The number of carbonyl (C=O) groups excluding carboxylic acids is 2. The lowest BCUT2D eigenvalue weighted by molar-refractivity contribution is -0.137. The molecular formula is C27H27Cl2F3N2O2. The highest BCUT2D eigenvalue weighted by molar-refractivity contribution is 6.38. The van der Waals surface area contributed by atoms with Gasteiger partial charge in [0.15, 0.2) is 0 Å². The summed E-state index contributed by atoms with van der Waals surface area (Å²) in [4.78, 5) is 26.9. The highest BCUT2D eigenvalue weighted by Crippen LogP contribution is 2.36. The van der Waals surface area contributed by atoms with Crippen LogP contribution >= 0.6 is 23.2 Å². The van der Waals surface area contributed by atoms with Gasteiger partial charge in [-0.15, -0.1) is 0 Å². The Hall–Kier alpha value is -2.51. The number of likely N-dealkylation sites (tertiary alicyclic amines) is 1. The average molecular weight is 539 g/mol. The Morgan fingerprint density at radius 3 is 2.44 bits per heavy atom. The zero-order valence-electron chi connectivity index (χ0n) is 20.5. The van der Waals surface area contributed by atoms with Crippen molar-refractivity contribution in [3.63, 3.8) is 0 Å². The lowest BCUT2D eigenvalue weighted by Gasteiger charge is -2.36. The predicted molar refractivity (Wildman–Crippen MR) is 136 cm³/mol. The molecule has 4 nitrogen and oxygen atoms in total. The maximum absolute atomic E-state index is 13.3. The van der Waals surface area contributed by atoms with E-state index in [1.54, 1.807) is 42.5 Å². The van der Waals surface area contributed by atoms with Crippen LogP contribution in [0.2, 0.25) is 10.0 Å². The topological polar surface area (TPSA) is 42.3 Å². The first-order valence-corrected chi connectivity index (χ1v) is 12.5. The number of aryl methyl sites for hydroxylation is 2. The van der Waals surface area contributed by atoms with Crippen molar-refractivity contribution in [2.45, 2.75) is 39.8 Å². The number of benzene rings is 2. The summed E-state index contributed by atoms with van der Waals surface area (Å²) in [5.41, 5.74) is 1.85. The van der Waals surface area contributed by atoms with E-state index in [1.807, 2.05) is 13.0 Å². The summed E-state index contributed by atoms with van der Waals surface area (Å²) in [6.45, 7) is 6.12. The fourth-order valence-electron chi connectivity index (χ4n) is 5.21. The largest absolute Gasteiger partial charge is 0.416 e. The predicted octanol–water partition coefficient (Wildman–Crippen LogP) is 7.09. The molecule has 2 unspecified atom stereocenters. The summed E-state index contributed by atoms with van der Waals surface area (Å²) in [5.74, 6) is -0.104. The Balaban J connectivity index is 1.67. The van der Waals surface area contributed by atoms with Crippen molar-refractivity contribution in [2.24, 2.45) is 18.9 Å². The van der Waals surface area contributed by atoms with Crippen LogP contribution < -0.4 is 0 Å². The summed E-state index contributed by atoms with van der Waals surface area (Å²) in [6.07, 6.45) is -3.59. The van der Waals surface area contributed by atoms with Crippen molar-refractivity contribution >= 4 is 45.8 Å². The number of hydrogen-bond acceptors (Lipinski definition) is 2. The minimum absolute atomic E-state index is 0.0476. The molecule has 1 amide bonds. The van der Waals surface area contributed by atoms with Crippen molar-refractivity contribution in [1.29, 1.82) is 0 Å². The molecule has 3 aromatic rings. The molecule has 0 spiro atoms. The molecule has 0 bridgehead atoms. The van der Waals surface area contributed by atoms with Crippen molar-refractivity contribution in [3.8, 4) is 0 Å². The number of amides is 1. The van der Waals surface area contributed by atoms with E-state index in [4.69, 9.17) is 23.2 Å². The van der Waals surface area contributed by atoms with Gasteiger partial charge in [-0.2, -0.15) is 13.2 Å². The molecule has 0 N–H and O–H groups in total. The van der Waals surface area contributed by atoms with Gasteiger partial charge in [-0.25, -0.2) is 0 Å². The molecule has 1 fully saturated rings. The van der Waals surface area contributed by atoms with E-state index in [2.05, 4.69) is 0 Å². The lowest BCUT2D eigenvalue weighted by atomic mass is 9.84. The van der Waals surface area contributed by atoms with Gasteiger partial charge >= 0.3 is 6.18 Å². The van der Waals surface area contributed by atoms with E-state index >= 15 is 0 Å². The fraction of sp³-hybridized carbons (Fsp3) is 0.407. The summed E-state index contributed by atoms with van der Waals surface area (Å²) >= 11 is 13.2. The molecular weight excluding hydrogens is 512 g/mol. The molecule has 1 aliphatic rings. The number of alkyl halides is 3. The first kappa shape index (κ1) is 26.6. The zero-order chi connectivity index (χ0) is 26.5. The van der Waals surface area contributed by atoms with Crippen LogP contribution in [0.1, 0.15) is 53.0 Å². The Bertz CT molecular complexity index is 1360. The quantitative estimate of drug-likeness (QED) is 0.355. The summed E-state index contributed by atoms with van der Waals surface area (Å²) in [5, 5.41) is 1.31. The number of halogens is 5. The maximum Gasteiger partial charge on any atom is 0.416 e. The van der Waals surface area contributed by atoms with Gasteiger partial charge in [0, 0.05) is 54.1 Å². The number of Topliss-reactive ketones (excluding diaryl/α,β-unsaturated/α-hetero) is 1. The SMILES string of the molecule is CC(=O)C1CCN(C(=O)c2ccc(Cl)c(Cc3cc4c(C)cc(C(F)(F)F)cc4n3C)c2Cl)CC1C. The number of rotatable bonds is 4. The normalized spacial score (nSPS) is 18.6. The van der Waals surface area contributed by atoms with Crippen LogP contribution in [0.5, 0.6) is 0 Å². The molecule has 192 valence electrons. The van der Waals surface area contributed by atoms with Gasteiger partial charge in [0.1, 0.15) is 5.78 Å². The Morgan fingerprint density at radius 2 is 1.83 bits per heavy atom. The van der Waals surface area contributed by atoms with E-state index in [0.29, 0.717) is 52.1 Å². The second kappa shape index (κ2) is 9.75. The van der Waals surface area contributed by atoms with Crippen molar-refractivity contribution in [2.75, 3.05) is 13.1 Å². The van der Waals surface area contributed by atoms with Crippen LogP contribution in [0.25, 0.3) is 10.9 Å². The molecule has 1 aliphatic heterocycles. The molecule has 2 heterocycles. The zero-order valence-corrected chi connectivity index (χ0v) is 22.0. The summed E-state index contributed by atoms with van der Waals surface area (Å²) < 4.78 is 41.7. The van der Waals surface area contributed by atoms with Crippen molar-refractivity contribution < 1.29 is 22.8 Å². The number of carbonyl (C=O) groups is 2. The Kier molecular flexibility index (Phi) is 7.19. The molecule has 0 radical (unpaired) electrons. The molecule has 9 heteroatoms. The molecule has 2 aromatic carbocycles. The Morgan fingerprint density at radius 1 is 1.14 bits per heavy atom. The maximum atomic E-state index is 13.3. The van der Waals surface area contributed by atoms with E-state index in [1.165, 1.54) is 0 Å². The van der Waals surface area contributed by atoms with Gasteiger partial charge < -0.3 is 9.47 Å². The van der Waals surface area contributed by atoms with Gasteiger partial charge in [0.2, 0.25) is 0 Å². The molecule has 1 saturated heterocycles. The molecule has 1 aromatic heterocycles. The third-order valence-electron chi connectivity index (χ3n) is 7.28. The minimum Gasteiger partial charge on any atom is -0.347 e. The average Bonchev–Trinajstić information content (AvgIpc) is 3.11. The van der Waals surface area contributed by atoms with Crippen molar-refractivity contribution in [3.05, 3.63) is 68.3 Å². The number of aromatic nitrogens is 1. The van der Waals surface area contributed by atoms with Crippen molar-refractivity contribution in [1.82, 2.24) is 9.47 Å². The number of ketones is 1. The second-order valence-electron chi connectivity index (χ2n) is 9.72. The van der Waals surface area contributed by atoms with Crippen LogP contribution in [0.3, 0.4) is 0 Å². The number of hydrogen-bond donors (Lipinski definition) is 0. The van der Waals surface area contributed by atoms with Gasteiger partial charge in [-0.1, -0.05) is 30.1 Å². The Labute approximate surface area is 218 Å². The standard InChI is InChI=1S/C27H27Cl2F3N2O2/c1-14-9-17(27(30,31)32)10-24-21(14)11-18(33(24)4)12-22-23(28)6-5-20(25(22)29)26(36)34-8-7-19(16(3)35)15(2)13-34/h5-6,9-11,15,19H,7-8,12-13H2,1-4H3. The van der Waals surface area contributed by atoms with Crippen LogP contribution in [0, 0.1) is 18.8 Å². The highest BCUT2D eigenvalue weighted by atomic mass is 35.5. The minimum atomic E-state index is -4.44. The summed E-state index contributed by atoms with van der Waals surface area (Å²) in [7, 11) is 1.70. The third-order valence-corrected chi connectivity index (χ3v) is 8.07. The molecule has 2 atom stereocenters. The first-order chi connectivity index (χ1) is 16.8. The fourth-order valence-corrected chi connectivity index (χ4v) is 5.79. The van der Waals surface area contributed by atoms with E-state index in [-0.39, 0.29) is 35.0 Å². The highest BCUT2D eigenvalue weighted by Gasteiger charge is 2.33. The lowest BCUT2D eigenvalue weighted by Crippen LogP contribution is -2.44. The van der Waals surface area contributed by atoms with Gasteiger partial charge in [-0.3, -0.25) is 9.59 Å². The number of piperidine rings is 1. The van der Waals surface area contributed by atoms with Gasteiger partial charge in [0.05, 0.1) is 16.1 Å². The van der Waals surface area contributed by atoms with Crippen LogP contribution in [0.15, 0.2) is 30.3 Å². The monoisotopic (exact) mass is 538 g/mol. The second-order valence-corrected chi connectivity index (χ2v) is 10.5. The molecule has 0 aliphatic carbocycles. The molecule has 4 rings (SSSR count). The van der Waals surface area contributed by atoms with Crippen LogP contribution in [0.4, 0.5) is 13.2 Å². The molecule has 36 heavy (non-hydrogen) atoms. The number of fused-ring (bicyclic) bond motifs is 1. The smallest absolute Gasteiger partial charge is 0.347 e. The number of nitrogens with zero attached hydrogens (tertiary/aromatic N) is 2. The van der Waals surface area contributed by atoms with E-state index in [9.17, 15) is 22.8 Å². The van der Waals surface area contributed by atoms with E-state index < -0.39 is 11.7 Å². The van der Waals surface area contributed by atoms with Crippen LogP contribution in [-0.2, 0) is 24.4 Å². The summed E-state index contributed by atoms with van der Waals surface area (Å²) in [6, 6.07) is 7.33. The third kappa shape index (κ3) is 4.88. The molecule has 0 saturated carbocycles. The van der Waals surface area contributed by atoms with Gasteiger partial charge in [-0.05, 0) is 67.6 Å².